The van der Waals surface area contributed by atoms with Crippen molar-refractivity contribution >= 4 is 5.69 Å². The fourth-order valence-corrected chi connectivity index (χ4v) is 1.53. The Balaban J connectivity index is 2.40. The zero-order valence-electron chi connectivity index (χ0n) is 9.77. The number of benzene rings is 2. The molecule has 0 fully saturated rings. The van der Waals surface area contributed by atoms with Crippen LogP contribution in [0.1, 0.15) is 11.1 Å². The molecule has 2 N–H and O–H groups in total. The first-order valence-electron chi connectivity index (χ1n) is 5.34. The summed E-state index contributed by atoms with van der Waals surface area (Å²) in [6, 6.07) is 11.2. The maximum Gasteiger partial charge on any atom is 0.165 e. The van der Waals surface area contributed by atoms with Crippen LogP contribution < -0.4 is 10.5 Å². The number of ether oxygens (including phenoxy) is 1. The van der Waals surface area contributed by atoms with Crippen LogP contribution in [-0.4, -0.2) is 0 Å². The Morgan fingerprint density at radius 3 is 2.67 bits per heavy atom. The molecule has 0 saturated heterocycles. The molecule has 18 heavy (non-hydrogen) atoms. The van der Waals surface area contributed by atoms with Crippen molar-refractivity contribution in [2.45, 2.75) is 6.92 Å². The summed E-state index contributed by atoms with van der Waals surface area (Å²) in [4.78, 5) is 0. The molecule has 4 heteroatoms. The minimum Gasteiger partial charge on any atom is -0.453 e. The van der Waals surface area contributed by atoms with E-state index in [1.807, 2.05) is 13.0 Å². The summed E-state index contributed by atoms with van der Waals surface area (Å²) in [5.74, 6) is -0.0891. The fourth-order valence-electron chi connectivity index (χ4n) is 1.53. The highest BCUT2D eigenvalue weighted by atomic mass is 19.1. The van der Waals surface area contributed by atoms with Crippen LogP contribution >= 0.6 is 0 Å². The normalized spacial score (nSPS) is 9.83. The maximum absolute atomic E-state index is 13.5. The second kappa shape index (κ2) is 4.76. The Kier molecular flexibility index (Phi) is 3.16. The molecule has 2 aromatic rings. The molecular weight excluding hydrogens is 231 g/mol. The molecule has 0 aliphatic rings. The molecule has 0 unspecified atom stereocenters. The number of nitrogens with two attached hydrogens (primary N) is 1. The lowest BCUT2D eigenvalue weighted by atomic mass is 10.2. The fraction of sp³-hybridized carbons (Fsp3) is 0.0714. The molecule has 0 atom stereocenters. The first kappa shape index (κ1) is 11.9. The van der Waals surface area contributed by atoms with Crippen molar-refractivity contribution < 1.29 is 9.13 Å². The van der Waals surface area contributed by atoms with Gasteiger partial charge in [-0.25, -0.2) is 4.39 Å². The lowest BCUT2D eigenvalue weighted by Crippen LogP contribution is -1.93. The van der Waals surface area contributed by atoms with E-state index in [4.69, 9.17) is 15.7 Å². The third-order valence-electron chi connectivity index (χ3n) is 2.43. The van der Waals surface area contributed by atoms with Gasteiger partial charge in [-0.2, -0.15) is 5.26 Å². The largest absolute Gasteiger partial charge is 0.453 e. The number of aryl methyl sites for hydroxylation is 1. The van der Waals surface area contributed by atoms with Crippen molar-refractivity contribution in [3.63, 3.8) is 0 Å². The number of nitrogen functional groups attached to an aromatic ring is 1. The van der Waals surface area contributed by atoms with Gasteiger partial charge < -0.3 is 10.5 Å². The maximum atomic E-state index is 13.5. The average molecular weight is 242 g/mol. The monoisotopic (exact) mass is 242 g/mol. The van der Waals surface area contributed by atoms with Crippen LogP contribution in [0, 0.1) is 24.1 Å². The molecule has 0 aliphatic heterocycles. The van der Waals surface area contributed by atoms with Crippen molar-refractivity contribution in [1.82, 2.24) is 0 Å². The summed E-state index contributed by atoms with van der Waals surface area (Å²) >= 11 is 0. The molecule has 0 spiro atoms. The summed E-state index contributed by atoms with van der Waals surface area (Å²) in [6.45, 7) is 1.83. The van der Waals surface area contributed by atoms with Gasteiger partial charge >= 0.3 is 0 Å². The van der Waals surface area contributed by atoms with Gasteiger partial charge in [0.05, 0.1) is 5.56 Å². The van der Waals surface area contributed by atoms with Crippen molar-refractivity contribution in [1.29, 1.82) is 5.26 Å². The standard InChI is InChI=1S/C14H11FN2O/c1-9-2-4-12(15)14(6-9)18-13-5-3-11(17)7-10(13)8-16/h2-7H,17H2,1H3. The molecule has 0 aromatic heterocycles. The lowest BCUT2D eigenvalue weighted by Gasteiger charge is -2.09. The number of halogens is 1. The van der Waals surface area contributed by atoms with Crippen LogP contribution in [-0.2, 0) is 0 Å². The van der Waals surface area contributed by atoms with Gasteiger partial charge in [0.1, 0.15) is 11.8 Å². The molecule has 0 radical (unpaired) electrons. The SMILES string of the molecule is Cc1ccc(F)c(Oc2ccc(N)cc2C#N)c1. The molecule has 0 aliphatic carbocycles. The molecular formula is C14H11FN2O. The number of anilines is 1. The van der Waals surface area contributed by atoms with Gasteiger partial charge in [-0.3, -0.25) is 0 Å². The van der Waals surface area contributed by atoms with E-state index in [1.165, 1.54) is 12.1 Å². The van der Waals surface area contributed by atoms with E-state index < -0.39 is 5.82 Å². The van der Waals surface area contributed by atoms with E-state index in [9.17, 15) is 4.39 Å². The minimum absolute atomic E-state index is 0.0938. The first-order chi connectivity index (χ1) is 8.60. The van der Waals surface area contributed by atoms with Gasteiger partial charge in [0.15, 0.2) is 11.6 Å². The van der Waals surface area contributed by atoms with E-state index in [2.05, 4.69) is 0 Å². The number of hydrogen-bond acceptors (Lipinski definition) is 3. The molecule has 2 aromatic carbocycles. The molecule has 0 heterocycles. The van der Waals surface area contributed by atoms with Crippen molar-refractivity contribution in [2.24, 2.45) is 0 Å². The smallest absolute Gasteiger partial charge is 0.165 e. The zero-order valence-corrected chi connectivity index (χ0v) is 9.77. The van der Waals surface area contributed by atoms with Crippen LogP contribution in [0.25, 0.3) is 0 Å². The predicted octanol–water partition coefficient (Wildman–Crippen LogP) is 3.38. The van der Waals surface area contributed by atoms with Crippen LogP contribution in [0.2, 0.25) is 0 Å². The van der Waals surface area contributed by atoms with E-state index in [0.717, 1.165) is 5.56 Å². The number of hydrogen-bond donors (Lipinski definition) is 1. The van der Waals surface area contributed by atoms with Gasteiger partial charge in [0, 0.05) is 5.69 Å². The van der Waals surface area contributed by atoms with Gasteiger partial charge in [0.25, 0.3) is 0 Å². The van der Waals surface area contributed by atoms with E-state index in [-0.39, 0.29) is 17.1 Å². The summed E-state index contributed by atoms with van der Waals surface area (Å²) in [5, 5.41) is 8.97. The molecule has 90 valence electrons. The molecule has 0 bridgehead atoms. The Morgan fingerprint density at radius 1 is 1.17 bits per heavy atom. The van der Waals surface area contributed by atoms with Crippen molar-refractivity contribution in [3.05, 3.63) is 53.3 Å². The van der Waals surface area contributed by atoms with Gasteiger partial charge in [-0.1, -0.05) is 6.07 Å². The highest BCUT2D eigenvalue weighted by Crippen LogP contribution is 2.29. The Morgan fingerprint density at radius 2 is 1.94 bits per heavy atom. The Bertz CT molecular complexity index is 632. The number of nitrogens with zero attached hydrogens (tertiary/aromatic N) is 1. The molecule has 2 rings (SSSR count). The van der Waals surface area contributed by atoms with E-state index in [0.29, 0.717) is 5.69 Å². The summed E-state index contributed by atoms with van der Waals surface area (Å²) < 4.78 is 19.0. The van der Waals surface area contributed by atoms with Gasteiger partial charge in [0.2, 0.25) is 0 Å². The van der Waals surface area contributed by atoms with Gasteiger partial charge in [-0.15, -0.1) is 0 Å². The first-order valence-corrected chi connectivity index (χ1v) is 5.34. The third kappa shape index (κ3) is 2.41. The summed E-state index contributed by atoms with van der Waals surface area (Å²) in [7, 11) is 0. The Hall–Kier alpha value is -2.54. The molecule has 3 nitrogen and oxygen atoms in total. The lowest BCUT2D eigenvalue weighted by molar-refractivity contribution is 0.441. The molecule has 0 saturated carbocycles. The van der Waals surface area contributed by atoms with E-state index in [1.54, 1.807) is 24.3 Å². The van der Waals surface area contributed by atoms with E-state index >= 15 is 0 Å². The highest BCUT2D eigenvalue weighted by molar-refractivity contribution is 5.54. The zero-order chi connectivity index (χ0) is 13.1. The second-order valence-electron chi connectivity index (χ2n) is 3.90. The summed E-state index contributed by atoms with van der Waals surface area (Å²) in [5.41, 5.74) is 7.18. The van der Waals surface area contributed by atoms with Crippen LogP contribution in [0.4, 0.5) is 10.1 Å². The Labute approximate surface area is 104 Å². The van der Waals surface area contributed by atoms with Crippen LogP contribution in [0.3, 0.4) is 0 Å². The van der Waals surface area contributed by atoms with Gasteiger partial charge in [-0.05, 0) is 42.8 Å². The minimum atomic E-state index is -0.471. The topological polar surface area (TPSA) is 59.0 Å². The van der Waals surface area contributed by atoms with Crippen molar-refractivity contribution in [3.8, 4) is 17.6 Å². The quantitative estimate of drug-likeness (QED) is 0.821. The van der Waals surface area contributed by atoms with Crippen LogP contribution in [0.15, 0.2) is 36.4 Å². The van der Waals surface area contributed by atoms with Crippen LogP contribution in [0.5, 0.6) is 11.5 Å². The average Bonchev–Trinajstić information content (AvgIpc) is 2.36. The van der Waals surface area contributed by atoms with Crippen molar-refractivity contribution in [2.75, 3.05) is 5.73 Å². The number of rotatable bonds is 2. The second-order valence-corrected chi connectivity index (χ2v) is 3.90. The molecule has 0 amide bonds. The highest BCUT2D eigenvalue weighted by Gasteiger charge is 2.09. The third-order valence-corrected chi connectivity index (χ3v) is 2.43. The summed E-state index contributed by atoms with van der Waals surface area (Å²) in [6.07, 6.45) is 0. The predicted molar refractivity (Wildman–Crippen MR) is 66.8 cm³/mol. The number of nitriles is 1.